The summed E-state index contributed by atoms with van der Waals surface area (Å²) in [6.45, 7) is 0. The second-order valence-electron chi connectivity index (χ2n) is 13.4. The molecule has 4 nitrogen and oxygen atoms in total. The van der Waals surface area contributed by atoms with Gasteiger partial charge < -0.3 is 0 Å². The molecule has 2 aromatic heterocycles. The van der Waals surface area contributed by atoms with Crippen LogP contribution in [-0.2, 0) is 0 Å². The van der Waals surface area contributed by atoms with Crippen LogP contribution in [0.15, 0.2) is 194 Å². The zero-order chi connectivity index (χ0) is 35.8. The second kappa shape index (κ2) is 13.4. The van der Waals surface area contributed by atoms with Gasteiger partial charge in [0, 0.05) is 38.4 Å². The second-order valence-corrected chi connectivity index (χ2v) is 13.4. The van der Waals surface area contributed by atoms with E-state index in [1.165, 1.54) is 27.3 Å². The molecule has 8 aromatic carbocycles. The molecule has 10 aromatic rings. The highest BCUT2D eigenvalue weighted by Gasteiger charge is 2.17. The summed E-state index contributed by atoms with van der Waals surface area (Å²) in [4.78, 5) is 20.2. The maximum atomic E-state index is 5.46. The van der Waals surface area contributed by atoms with Crippen LogP contribution in [0.3, 0.4) is 0 Å². The van der Waals surface area contributed by atoms with E-state index in [0.29, 0.717) is 17.5 Å². The third-order valence-corrected chi connectivity index (χ3v) is 10.1. The Bertz CT molecular complexity index is 2900. The molecule has 0 fully saturated rings. The van der Waals surface area contributed by atoms with Crippen molar-refractivity contribution in [3.63, 3.8) is 0 Å². The summed E-state index contributed by atoms with van der Waals surface area (Å²) in [7, 11) is 0. The molecule has 0 saturated carbocycles. The molecule has 0 aliphatic rings. The number of rotatable bonds is 6. The third kappa shape index (κ3) is 5.67. The fraction of sp³-hybridized carbons (Fsp3) is 0. The predicted octanol–water partition coefficient (Wildman–Crippen LogP) is 12.7. The number of hydrogen-bond acceptors (Lipinski definition) is 4. The van der Waals surface area contributed by atoms with Crippen molar-refractivity contribution in [2.24, 2.45) is 0 Å². The molecule has 0 saturated heterocycles. The van der Waals surface area contributed by atoms with Gasteiger partial charge in [-0.15, -0.1) is 0 Å². The number of hydrogen-bond donors (Lipinski definition) is 0. The van der Waals surface area contributed by atoms with Crippen molar-refractivity contribution in [1.29, 1.82) is 0 Å². The van der Waals surface area contributed by atoms with E-state index in [4.69, 9.17) is 19.9 Å². The van der Waals surface area contributed by atoms with Gasteiger partial charge in [-0.1, -0.05) is 188 Å². The number of nitrogens with zero attached hydrogens (tertiary/aromatic N) is 4. The monoisotopic (exact) mass is 688 g/mol. The smallest absolute Gasteiger partial charge is 0.164 e. The van der Waals surface area contributed by atoms with Crippen molar-refractivity contribution in [2.75, 3.05) is 0 Å². The van der Waals surface area contributed by atoms with Crippen LogP contribution in [0, 0.1) is 0 Å². The Kier molecular flexibility index (Phi) is 7.77. The summed E-state index contributed by atoms with van der Waals surface area (Å²) in [5.74, 6) is 1.93. The first-order valence-electron chi connectivity index (χ1n) is 18.1. The Morgan fingerprint density at radius 1 is 0.278 bits per heavy atom. The molecule has 252 valence electrons. The Hall–Kier alpha value is -7.30. The lowest BCUT2D eigenvalue weighted by molar-refractivity contribution is 1.07. The van der Waals surface area contributed by atoms with Gasteiger partial charge >= 0.3 is 0 Å². The minimum Gasteiger partial charge on any atom is -0.247 e. The van der Waals surface area contributed by atoms with Gasteiger partial charge in [-0.25, -0.2) is 19.9 Å². The van der Waals surface area contributed by atoms with E-state index in [1.807, 2.05) is 60.7 Å². The normalized spacial score (nSPS) is 11.3. The molecule has 0 aliphatic heterocycles. The van der Waals surface area contributed by atoms with E-state index in [2.05, 4.69) is 133 Å². The van der Waals surface area contributed by atoms with Crippen LogP contribution < -0.4 is 0 Å². The lowest BCUT2D eigenvalue weighted by atomic mass is 9.91. The van der Waals surface area contributed by atoms with Crippen LogP contribution in [0.4, 0.5) is 0 Å². The number of aromatic nitrogens is 4. The molecular formula is C50H32N4. The first kappa shape index (κ1) is 31.4. The highest BCUT2D eigenvalue weighted by molar-refractivity contribution is 6.19. The van der Waals surface area contributed by atoms with Gasteiger partial charge in [0.1, 0.15) is 0 Å². The summed E-state index contributed by atoms with van der Waals surface area (Å²) < 4.78 is 0. The molecule has 10 rings (SSSR count). The zero-order valence-corrected chi connectivity index (χ0v) is 29.3. The Morgan fingerprint density at radius 3 is 1.43 bits per heavy atom. The molecule has 0 bridgehead atoms. The molecule has 2 heterocycles. The molecular weight excluding hydrogens is 657 g/mol. The largest absolute Gasteiger partial charge is 0.247 e. The van der Waals surface area contributed by atoms with E-state index in [9.17, 15) is 0 Å². The van der Waals surface area contributed by atoms with Crippen LogP contribution in [-0.4, -0.2) is 19.9 Å². The van der Waals surface area contributed by atoms with E-state index < -0.39 is 0 Å². The highest BCUT2D eigenvalue weighted by Crippen LogP contribution is 2.41. The standard InChI is InChI=1S/C50H32N4/c1-4-14-35(15-5-1)41-23-13-25-44-46(41)43-31-30-39(32-45(43)51-47(44)42-24-12-21-34-16-10-11-22-40(34)42)33-26-28-38(29-27-33)50-53-48(36-17-6-2-7-18-36)52-49(54-50)37-19-8-3-9-20-37/h1-32H. The maximum absolute atomic E-state index is 5.46. The summed E-state index contributed by atoms with van der Waals surface area (Å²) in [6, 6.07) is 67.6. The van der Waals surface area contributed by atoms with Crippen LogP contribution in [0.5, 0.6) is 0 Å². The van der Waals surface area contributed by atoms with Crippen LogP contribution in [0.1, 0.15) is 0 Å². The van der Waals surface area contributed by atoms with E-state index in [-0.39, 0.29) is 0 Å². The summed E-state index contributed by atoms with van der Waals surface area (Å²) in [6.07, 6.45) is 0. The highest BCUT2D eigenvalue weighted by atomic mass is 15.0. The minimum absolute atomic E-state index is 0.633. The maximum Gasteiger partial charge on any atom is 0.164 e. The Labute approximate surface area is 313 Å². The van der Waals surface area contributed by atoms with Crippen LogP contribution >= 0.6 is 0 Å². The predicted molar refractivity (Wildman–Crippen MR) is 223 cm³/mol. The average molecular weight is 689 g/mol. The fourth-order valence-electron chi connectivity index (χ4n) is 7.48. The molecule has 0 atom stereocenters. The first-order chi connectivity index (χ1) is 26.8. The van der Waals surface area contributed by atoms with Gasteiger partial charge in [0.25, 0.3) is 0 Å². The SMILES string of the molecule is c1ccc(-c2nc(-c3ccccc3)nc(-c3ccc(-c4ccc5c(c4)nc(-c4cccc6ccccc46)c4cccc(-c6ccccc6)c45)cc3)n2)cc1. The Balaban J connectivity index is 1.12. The topological polar surface area (TPSA) is 51.6 Å². The first-order valence-corrected chi connectivity index (χ1v) is 18.1. The van der Waals surface area contributed by atoms with Crippen molar-refractivity contribution < 1.29 is 0 Å². The molecule has 0 N–H and O–H groups in total. The summed E-state index contributed by atoms with van der Waals surface area (Å²) in [5, 5.41) is 5.86. The molecule has 0 aliphatic carbocycles. The van der Waals surface area contributed by atoms with Gasteiger partial charge in [-0.2, -0.15) is 0 Å². The lowest BCUT2D eigenvalue weighted by Gasteiger charge is -2.16. The average Bonchev–Trinajstić information content (AvgIpc) is 3.26. The van der Waals surface area contributed by atoms with Crippen molar-refractivity contribution in [3.05, 3.63) is 194 Å². The van der Waals surface area contributed by atoms with Gasteiger partial charge in [-0.3, -0.25) is 0 Å². The number of benzene rings is 8. The zero-order valence-electron chi connectivity index (χ0n) is 29.3. The number of fused-ring (bicyclic) bond motifs is 4. The van der Waals surface area contributed by atoms with Gasteiger partial charge in [-0.05, 0) is 39.1 Å². The van der Waals surface area contributed by atoms with Gasteiger partial charge in [0.2, 0.25) is 0 Å². The van der Waals surface area contributed by atoms with Crippen LogP contribution in [0.2, 0.25) is 0 Å². The summed E-state index contributed by atoms with van der Waals surface area (Å²) >= 11 is 0. The van der Waals surface area contributed by atoms with E-state index in [1.54, 1.807) is 0 Å². The molecule has 0 amide bonds. The molecule has 0 spiro atoms. The van der Waals surface area contributed by atoms with Gasteiger partial charge in [0.15, 0.2) is 17.5 Å². The minimum atomic E-state index is 0.633. The van der Waals surface area contributed by atoms with Gasteiger partial charge in [0.05, 0.1) is 11.2 Å². The molecule has 0 unspecified atom stereocenters. The molecule has 0 radical (unpaired) electrons. The van der Waals surface area contributed by atoms with Crippen LogP contribution in [0.25, 0.3) is 100 Å². The van der Waals surface area contributed by atoms with Crippen molar-refractivity contribution >= 4 is 32.4 Å². The van der Waals surface area contributed by atoms with Crippen molar-refractivity contribution in [3.8, 4) is 67.7 Å². The lowest BCUT2D eigenvalue weighted by Crippen LogP contribution is -2.00. The third-order valence-electron chi connectivity index (χ3n) is 10.1. The van der Waals surface area contributed by atoms with E-state index >= 15 is 0 Å². The van der Waals surface area contributed by atoms with Crippen molar-refractivity contribution in [2.45, 2.75) is 0 Å². The summed E-state index contributed by atoms with van der Waals surface area (Å²) in [5.41, 5.74) is 10.4. The quantitative estimate of drug-likeness (QED) is 0.163. The molecule has 54 heavy (non-hydrogen) atoms. The molecule has 4 heteroatoms. The Morgan fingerprint density at radius 2 is 0.759 bits per heavy atom. The van der Waals surface area contributed by atoms with Crippen molar-refractivity contribution in [1.82, 2.24) is 19.9 Å². The fourth-order valence-corrected chi connectivity index (χ4v) is 7.48. The van der Waals surface area contributed by atoms with E-state index in [0.717, 1.165) is 55.4 Å². The number of pyridine rings is 1.